The van der Waals surface area contributed by atoms with Gasteiger partial charge in [-0.3, -0.25) is 4.79 Å². The Morgan fingerprint density at radius 3 is 2.50 bits per heavy atom. The van der Waals surface area contributed by atoms with E-state index in [4.69, 9.17) is 32.7 Å². The predicted molar refractivity (Wildman–Crippen MR) is 129 cm³/mol. The minimum absolute atomic E-state index is 0.247. The smallest absolute Gasteiger partial charge is 0.209 e. The van der Waals surface area contributed by atoms with Crippen molar-refractivity contribution in [2.45, 2.75) is 39.0 Å². The molecule has 9 heteroatoms. The molecule has 0 amide bonds. The van der Waals surface area contributed by atoms with Crippen LogP contribution in [0.15, 0.2) is 36.4 Å². The van der Waals surface area contributed by atoms with Crippen LogP contribution in [-0.2, 0) is 20.2 Å². The summed E-state index contributed by atoms with van der Waals surface area (Å²) in [6.07, 6.45) is 2.90. The number of hydrogen-bond donors (Lipinski definition) is 1. The van der Waals surface area contributed by atoms with Gasteiger partial charge in [0.2, 0.25) is 10.0 Å². The van der Waals surface area contributed by atoms with Gasteiger partial charge in [-0.25, -0.2) is 13.1 Å². The van der Waals surface area contributed by atoms with Crippen LogP contribution < -0.4 is 14.2 Å². The predicted octanol–water partition coefficient (Wildman–Crippen LogP) is 5.00. The van der Waals surface area contributed by atoms with Crippen molar-refractivity contribution >= 4 is 39.0 Å². The van der Waals surface area contributed by atoms with Crippen LogP contribution >= 0.6 is 23.2 Å². The van der Waals surface area contributed by atoms with Crippen LogP contribution in [0.4, 0.5) is 0 Å². The standard InChI is InChI=1S/C23H29Cl2NO5S/c1-5-6-12-30-22-20(24)11-10-19(21(22)25)23(2,3)16-8-7-9-18(13-16)31-15-17(27)14-26-32(4,28)29/h7-11,13,26H,5-6,12,14-15H2,1-4H3. The van der Waals surface area contributed by atoms with E-state index in [-0.39, 0.29) is 18.9 Å². The van der Waals surface area contributed by atoms with Gasteiger partial charge in [-0.05, 0) is 35.7 Å². The number of halogens is 2. The Balaban J connectivity index is 2.21. The van der Waals surface area contributed by atoms with Gasteiger partial charge in [0.25, 0.3) is 0 Å². The van der Waals surface area contributed by atoms with Crippen molar-refractivity contribution in [3.8, 4) is 11.5 Å². The van der Waals surface area contributed by atoms with Crippen molar-refractivity contribution in [2.75, 3.05) is 26.0 Å². The van der Waals surface area contributed by atoms with Gasteiger partial charge in [-0.2, -0.15) is 0 Å². The first-order valence-corrected chi connectivity index (χ1v) is 12.9. The van der Waals surface area contributed by atoms with Crippen LogP contribution in [-0.4, -0.2) is 40.2 Å². The molecule has 0 aliphatic heterocycles. The van der Waals surface area contributed by atoms with Gasteiger partial charge in [-0.15, -0.1) is 0 Å². The Bertz CT molecular complexity index is 1050. The highest BCUT2D eigenvalue weighted by Gasteiger charge is 2.28. The van der Waals surface area contributed by atoms with Crippen molar-refractivity contribution in [2.24, 2.45) is 0 Å². The molecular formula is C23H29Cl2NO5S. The van der Waals surface area contributed by atoms with E-state index in [1.807, 2.05) is 38.1 Å². The first kappa shape index (κ1) is 26.5. The molecule has 6 nitrogen and oxygen atoms in total. The Hall–Kier alpha value is -1.80. The van der Waals surface area contributed by atoms with Gasteiger partial charge < -0.3 is 9.47 Å². The fourth-order valence-electron chi connectivity index (χ4n) is 3.02. The molecule has 0 aliphatic rings. The topological polar surface area (TPSA) is 81.7 Å². The zero-order chi connectivity index (χ0) is 23.9. The monoisotopic (exact) mass is 501 g/mol. The molecule has 0 radical (unpaired) electrons. The minimum Gasteiger partial charge on any atom is -0.490 e. The summed E-state index contributed by atoms with van der Waals surface area (Å²) in [6, 6.07) is 11.0. The number of sulfonamides is 1. The van der Waals surface area contributed by atoms with Crippen LogP contribution in [0.5, 0.6) is 11.5 Å². The van der Waals surface area contributed by atoms with E-state index in [0.717, 1.165) is 30.2 Å². The molecule has 0 spiro atoms. The second-order valence-electron chi connectivity index (χ2n) is 8.01. The lowest BCUT2D eigenvalue weighted by atomic mass is 9.78. The first-order chi connectivity index (χ1) is 15.0. The fourth-order valence-corrected chi connectivity index (χ4v) is 4.16. The van der Waals surface area contributed by atoms with Gasteiger partial charge in [-0.1, -0.05) is 68.6 Å². The molecule has 0 aromatic heterocycles. The summed E-state index contributed by atoms with van der Waals surface area (Å²) in [5.41, 5.74) is 1.26. The van der Waals surface area contributed by atoms with E-state index in [1.54, 1.807) is 12.1 Å². The number of carbonyl (C=O) groups excluding carboxylic acids is 1. The average molecular weight is 502 g/mol. The highest BCUT2D eigenvalue weighted by Crippen LogP contribution is 2.43. The third-order valence-electron chi connectivity index (χ3n) is 4.95. The first-order valence-electron chi connectivity index (χ1n) is 10.3. The number of unbranched alkanes of at least 4 members (excludes halogenated alkanes) is 1. The molecule has 1 N–H and O–H groups in total. The van der Waals surface area contributed by atoms with Crippen molar-refractivity contribution in [3.63, 3.8) is 0 Å². The lowest BCUT2D eigenvalue weighted by Crippen LogP contribution is -2.31. The van der Waals surface area contributed by atoms with Gasteiger partial charge in [0, 0.05) is 5.41 Å². The lowest BCUT2D eigenvalue weighted by molar-refractivity contribution is -0.119. The average Bonchev–Trinajstić information content (AvgIpc) is 2.72. The molecule has 0 bridgehead atoms. The lowest BCUT2D eigenvalue weighted by Gasteiger charge is -2.28. The maximum atomic E-state index is 11.9. The van der Waals surface area contributed by atoms with E-state index in [0.29, 0.717) is 28.2 Å². The minimum atomic E-state index is -3.44. The third-order valence-corrected chi connectivity index (χ3v) is 6.30. The zero-order valence-electron chi connectivity index (χ0n) is 18.7. The highest BCUT2D eigenvalue weighted by molar-refractivity contribution is 7.88. The summed E-state index contributed by atoms with van der Waals surface area (Å²) in [5, 5.41) is 0.927. The SMILES string of the molecule is CCCCOc1c(Cl)ccc(C(C)(C)c2cccc(OCC(=O)CNS(C)(=O)=O)c2)c1Cl. The number of nitrogens with one attached hydrogen (secondary N) is 1. The molecule has 0 saturated heterocycles. The summed E-state index contributed by atoms with van der Waals surface area (Å²) in [6.45, 7) is 6.10. The quantitative estimate of drug-likeness (QED) is 0.414. The Labute approximate surface area is 200 Å². The second kappa shape index (κ2) is 11.4. The van der Waals surface area contributed by atoms with Crippen LogP contribution in [0.2, 0.25) is 10.0 Å². The Morgan fingerprint density at radius 1 is 1.12 bits per heavy atom. The van der Waals surface area contributed by atoms with Crippen molar-refractivity contribution in [1.29, 1.82) is 0 Å². The van der Waals surface area contributed by atoms with Crippen molar-refractivity contribution < 1.29 is 22.7 Å². The van der Waals surface area contributed by atoms with Crippen LogP contribution in [0.1, 0.15) is 44.7 Å². The largest absolute Gasteiger partial charge is 0.490 e. The molecule has 0 unspecified atom stereocenters. The maximum absolute atomic E-state index is 11.9. The normalized spacial score (nSPS) is 11.9. The molecule has 2 rings (SSSR count). The number of Topliss-reactive ketones (excluding diaryl/α,β-unsaturated/α-hetero) is 1. The van der Waals surface area contributed by atoms with Crippen LogP contribution in [0, 0.1) is 0 Å². The fraction of sp³-hybridized carbons (Fsp3) is 0.435. The number of hydrogen-bond acceptors (Lipinski definition) is 5. The van der Waals surface area contributed by atoms with Crippen LogP contribution in [0.3, 0.4) is 0 Å². The van der Waals surface area contributed by atoms with Gasteiger partial charge >= 0.3 is 0 Å². The van der Waals surface area contributed by atoms with Gasteiger partial charge in [0.05, 0.1) is 29.5 Å². The van der Waals surface area contributed by atoms with Crippen LogP contribution in [0.25, 0.3) is 0 Å². The summed E-state index contributed by atoms with van der Waals surface area (Å²) in [7, 11) is -3.44. The van der Waals surface area contributed by atoms with Gasteiger partial charge in [0.15, 0.2) is 11.5 Å². The molecule has 0 heterocycles. The van der Waals surface area contributed by atoms with E-state index < -0.39 is 15.4 Å². The van der Waals surface area contributed by atoms with E-state index in [2.05, 4.69) is 11.6 Å². The Morgan fingerprint density at radius 2 is 1.84 bits per heavy atom. The molecule has 32 heavy (non-hydrogen) atoms. The molecule has 0 saturated carbocycles. The Kier molecular flexibility index (Phi) is 9.40. The number of rotatable bonds is 12. The van der Waals surface area contributed by atoms with E-state index in [9.17, 15) is 13.2 Å². The molecule has 176 valence electrons. The zero-order valence-corrected chi connectivity index (χ0v) is 21.0. The van der Waals surface area contributed by atoms with E-state index >= 15 is 0 Å². The van der Waals surface area contributed by atoms with Crippen molar-refractivity contribution in [3.05, 3.63) is 57.6 Å². The molecule has 2 aromatic rings. The molecular weight excluding hydrogens is 473 g/mol. The molecule has 2 aromatic carbocycles. The molecule has 0 aliphatic carbocycles. The highest BCUT2D eigenvalue weighted by atomic mass is 35.5. The molecule has 0 fully saturated rings. The second-order valence-corrected chi connectivity index (χ2v) is 10.6. The van der Waals surface area contributed by atoms with Crippen molar-refractivity contribution in [1.82, 2.24) is 4.72 Å². The van der Waals surface area contributed by atoms with E-state index in [1.165, 1.54) is 0 Å². The van der Waals surface area contributed by atoms with Gasteiger partial charge in [0.1, 0.15) is 12.4 Å². The maximum Gasteiger partial charge on any atom is 0.209 e. The summed E-state index contributed by atoms with van der Waals surface area (Å²) < 4.78 is 35.8. The number of ketones is 1. The third kappa shape index (κ3) is 7.37. The number of carbonyl (C=O) groups is 1. The number of benzene rings is 2. The summed E-state index contributed by atoms with van der Waals surface area (Å²) >= 11 is 13.0. The number of ether oxygens (including phenoxy) is 2. The molecule has 0 atom stereocenters. The summed E-state index contributed by atoms with van der Waals surface area (Å²) in [4.78, 5) is 11.9. The summed E-state index contributed by atoms with van der Waals surface area (Å²) in [5.74, 6) is 0.589.